The van der Waals surface area contributed by atoms with Crippen LogP contribution in [-0.4, -0.2) is 36.6 Å². The van der Waals surface area contributed by atoms with Gasteiger partial charge in [-0.05, 0) is 32.5 Å². The lowest BCUT2D eigenvalue weighted by molar-refractivity contribution is 0.302. The average molecular weight is 188 g/mol. The summed E-state index contributed by atoms with van der Waals surface area (Å²) >= 11 is 5.05. The zero-order chi connectivity index (χ0) is 9.40. The maximum absolute atomic E-state index is 5.05. The second kappa shape index (κ2) is 7.50. The van der Waals surface area contributed by atoms with Gasteiger partial charge in [0.25, 0.3) is 0 Å². The summed E-state index contributed by atoms with van der Waals surface area (Å²) in [6.07, 6.45) is 2.18. The van der Waals surface area contributed by atoms with E-state index in [2.05, 4.69) is 24.1 Å². The molecule has 0 aliphatic heterocycles. The van der Waals surface area contributed by atoms with Gasteiger partial charge in [-0.2, -0.15) is 0 Å². The molecule has 0 aliphatic rings. The maximum Gasteiger partial charge on any atom is 0.0751 e. The molecule has 12 heavy (non-hydrogen) atoms. The predicted molar refractivity (Wildman–Crippen MR) is 58.7 cm³/mol. The molecule has 0 aromatic heterocycles. The van der Waals surface area contributed by atoms with Gasteiger partial charge in [0.15, 0.2) is 0 Å². The summed E-state index contributed by atoms with van der Waals surface area (Å²) in [6, 6.07) is 0. The largest absolute Gasteiger partial charge is 0.383 e. The zero-order valence-electron chi connectivity index (χ0n) is 8.39. The van der Waals surface area contributed by atoms with Gasteiger partial charge < -0.3 is 10.2 Å². The van der Waals surface area contributed by atoms with Crippen LogP contribution in [0.3, 0.4) is 0 Å². The summed E-state index contributed by atoms with van der Waals surface area (Å²) in [4.78, 5) is 3.39. The standard InChI is InChI=1S/C9H20N2S/c1-4-11(5-2)8-6-7-9(12)10-3/h4-8H2,1-3H3,(H,10,12). The Labute approximate surface area is 81.3 Å². The van der Waals surface area contributed by atoms with Crippen molar-refractivity contribution in [2.45, 2.75) is 26.7 Å². The molecule has 1 N–H and O–H groups in total. The third kappa shape index (κ3) is 5.49. The van der Waals surface area contributed by atoms with Crippen molar-refractivity contribution < 1.29 is 0 Å². The first-order valence-corrected chi connectivity index (χ1v) is 5.08. The molecule has 0 unspecified atom stereocenters. The first-order chi connectivity index (χ1) is 5.74. The van der Waals surface area contributed by atoms with E-state index in [1.807, 2.05) is 7.05 Å². The van der Waals surface area contributed by atoms with E-state index < -0.39 is 0 Å². The Balaban J connectivity index is 3.34. The van der Waals surface area contributed by atoms with Crippen LogP contribution in [0.1, 0.15) is 26.7 Å². The highest BCUT2D eigenvalue weighted by atomic mass is 32.1. The van der Waals surface area contributed by atoms with Crippen molar-refractivity contribution in [3.8, 4) is 0 Å². The second-order valence-corrected chi connectivity index (χ2v) is 3.30. The molecule has 0 aromatic rings. The van der Waals surface area contributed by atoms with Crippen molar-refractivity contribution in [3.63, 3.8) is 0 Å². The molecule has 0 rings (SSSR count). The topological polar surface area (TPSA) is 15.3 Å². The predicted octanol–water partition coefficient (Wildman–Crippen LogP) is 1.66. The Morgan fingerprint density at radius 2 is 1.92 bits per heavy atom. The minimum absolute atomic E-state index is 0.974. The molecule has 0 radical (unpaired) electrons. The third-order valence-corrected chi connectivity index (χ3v) is 2.46. The molecule has 72 valence electrons. The van der Waals surface area contributed by atoms with Gasteiger partial charge in [0.2, 0.25) is 0 Å². The number of thiocarbonyl (C=S) groups is 1. The van der Waals surface area contributed by atoms with Gasteiger partial charge in [-0.3, -0.25) is 0 Å². The minimum Gasteiger partial charge on any atom is -0.383 e. The van der Waals surface area contributed by atoms with Crippen LogP contribution in [-0.2, 0) is 0 Å². The molecule has 0 fully saturated rings. The maximum atomic E-state index is 5.05. The summed E-state index contributed by atoms with van der Waals surface area (Å²) in [5.41, 5.74) is 0. The Hall–Kier alpha value is -0.150. The van der Waals surface area contributed by atoms with Crippen molar-refractivity contribution >= 4 is 17.2 Å². The number of hydrogen-bond donors (Lipinski definition) is 1. The van der Waals surface area contributed by atoms with Crippen LogP contribution in [0.5, 0.6) is 0 Å². The number of nitrogens with zero attached hydrogens (tertiary/aromatic N) is 1. The highest BCUT2D eigenvalue weighted by molar-refractivity contribution is 7.80. The molecule has 0 spiro atoms. The number of rotatable bonds is 6. The first-order valence-electron chi connectivity index (χ1n) is 4.67. The van der Waals surface area contributed by atoms with E-state index in [9.17, 15) is 0 Å². The molecule has 0 amide bonds. The molecular weight excluding hydrogens is 168 g/mol. The van der Waals surface area contributed by atoms with Gasteiger partial charge in [0.1, 0.15) is 0 Å². The van der Waals surface area contributed by atoms with Gasteiger partial charge in [0.05, 0.1) is 4.99 Å². The van der Waals surface area contributed by atoms with E-state index in [-0.39, 0.29) is 0 Å². The van der Waals surface area contributed by atoms with Crippen molar-refractivity contribution in [1.29, 1.82) is 0 Å². The second-order valence-electron chi connectivity index (χ2n) is 2.80. The summed E-state index contributed by atoms with van der Waals surface area (Å²) in [7, 11) is 1.89. The van der Waals surface area contributed by atoms with Crippen LogP contribution in [0.25, 0.3) is 0 Å². The van der Waals surface area contributed by atoms with Gasteiger partial charge >= 0.3 is 0 Å². The molecule has 0 atom stereocenters. The molecule has 0 aliphatic carbocycles. The summed E-state index contributed by atoms with van der Waals surface area (Å²) < 4.78 is 0. The summed E-state index contributed by atoms with van der Waals surface area (Å²) in [6.45, 7) is 7.83. The average Bonchev–Trinajstić information content (AvgIpc) is 2.12. The molecule has 0 saturated carbocycles. The SMILES string of the molecule is CCN(CC)CCCC(=S)NC. The summed E-state index contributed by atoms with van der Waals surface area (Å²) in [5, 5.41) is 2.99. The lowest BCUT2D eigenvalue weighted by atomic mass is 10.3. The van der Waals surface area contributed by atoms with Gasteiger partial charge in [-0.15, -0.1) is 0 Å². The Morgan fingerprint density at radius 3 is 2.33 bits per heavy atom. The lowest BCUT2D eigenvalue weighted by Crippen LogP contribution is -2.25. The Bertz CT molecular complexity index is 122. The number of nitrogens with one attached hydrogen (secondary N) is 1. The van der Waals surface area contributed by atoms with Gasteiger partial charge in [-0.25, -0.2) is 0 Å². The molecular formula is C9H20N2S. The monoisotopic (exact) mass is 188 g/mol. The van der Waals surface area contributed by atoms with E-state index >= 15 is 0 Å². The molecule has 0 saturated heterocycles. The molecule has 0 heterocycles. The van der Waals surface area contributed by atoms with E-state index in [0.29, 0.717) is 0 Å². The highest BCUT2D eigenvalue weighted by Crippen LogP contribution is 1.95. The minimum atomic E-state index is 0.974. The van der Waals surface area contributed by atoms with Crippen LogP contribution < -0.4 is 5.32 Å². The molecule has 2 nitrogen and oxygen atoms in total. The first kappa shape index (κ1) is 11.8. The van der Waals surface area contributed by atoms with E-state index in [1.54, 1.807) is 0 Å². The molecule has 0 aromatic carbocycles. The van der Waals surface area contributed by atoms with Crippen molar-refractivity contribution in [2.24, 2.45) is 0 Å². The van der Waals surface area contributed by atoms with E-state index in [0.717, 1.165) is 31.0 Å². The van der Waals surface area contributed by atoms with Gasteiger partial charge in [-0.1, -0.05) is 26.1 Å². The normalized spacial score (nSPS) is 10.3. The molecule has 0 bridgehead atoms. The van der Waals surface area contributed by atoms with Crippen molar-refractivity contribution in [1.82, 2.24) is 10.2 Å². The third-order valence-electron chi connectivity index (χ3n) is 2.05. The highest BCUT2D eigenvalue weighted by Gasteiger charge is 1.99. The number of hydrogen-bond acceptors (Lipinski definition) is 2. The lowest BCUT2D eigenvalue weighted by Gasteiger charge is -2.17. The van der Waals surface area contributed by atoms with Crippen molar-refractivity contribution in [3.05, 3.63) is 0 Å². The van der Waals surface area contributed by atoms with E-state index in [4.69, 9.17) is 12.2 Å². The Kier molecular flexibility index (Phi) is 7.40. The zero-order valence-corrected chi connectivity index (χ0v) is 9.21. The van der Waals surface area contributed by atoms with Crippen LogP contribution in [0.4, 0.5) is 0 Å². The fourth-order valence-electron chi connectivity index (χ4n) is 1.13. The fraction of sp³-hybridized carbons (Fsp3) is 0.889. The fourth-order valence-corrected chi connectivity index (χ4v) is 1.27. The van der Waals surface area contributed by atoms with Crippen molar-refractivity contribution in [2.75, 3.05) is 26.7 Å². The summed E-state index contributed by atoms with van der Waals surface area (Å²) in [5.74, 6) is 0. The van der Waals surface area contributed by atoms with Gasteiger partial charge in [0, 0.05) is 7.05 Å². The smallest absolute Gasteiger partial charge is 0.0751 e. The molecule has 3 heteroatoms. The Morgan fingerprint density at radius 1 is 1.33 bits per heavy atom. The van der Waals surface area contributed by atoms with Crippen LogP contribution in [0, 0.1) is 0 Å². The van der Waals surface area contributed by atoms with Crippen LogP contribution >= 0.6 is 12.2 Å². The van der Waals surface area contributed by atoms with Crippen LogP contribution in [0.15, 0.2) is 0 Å². The van der Waals surface area contributed by atoms with E-state index in [1.165, 1.54) is 6.42 Å². The van der Waals surface area contributed by atoms with Crippen LogP contribution in [0.2, 0.25) is 0 Å². The quantitative estimate of drug-likeness (QED) is 0.638.